The Balaban J connectivity index is 1.72. The lowest BCUT2D eigenvalue weighted by atomic mass is 10.1. The van der Waals surface area contributed by atoms with Crippen LogP contribution < -0.4 is 10.6 Å². The van der Waals surface area contributed by atoms with Gasteiger partial charge in [0.05, 0.1) is 4.92 Å². The van der Waals surface area contributed by atoms with Gasteiger partial charge in [-0.15, -0.1) is 0 Å². The maximum Gasteiger partial charge on any atom is 0.293 e. The fraction of sp³-hybridized carbons (Fsp3) is 0.100. The minimum Gasteiger partial charge on any atom is -0.375 e. The van der Waals surface area contributed by atoms with Crippen LogP contribution in [-0.4, -0.2) is 15.8 Å². The van der Waals surface area contributed by atoms with E-state index < -0.39 is 10.8 Å². The molecule has 0 fully saturated rings. The molecule has 3 aromatic rings. The minimum absolute atomic E-state index is 0.180. The van der Waals surface area contributed by atoms with Crippen molar-refractivity contribution in [1.29, 1.82) is 0 Å². The molecule has 8 heteroatoms. The average Bonchev–Trinajstić information content (AvgIpc) is 2.72. The quantitative estimate of drug-likeness (QED) is 0.461. The summed E-state index contributed by atoms with van der Waals surface area (Å²) in [4.78, 5) is 27.2. The zero-order valence-electron chi connectivity index (χ0n) is 14.8. The van der Waals surface area contributed by atoms with Crippen molar-refractivity contribution in [3.63, 3.8) is 0 Å². The molecule has 2 N–H and O–H groups in total. The first-order valence-corrected chi connectivity index (χ1v) is 8.85. The second kappa shape index (κ2) is 8.96. The molecular formula is C20H17ClN4O3. The Morgan fingerprint density at radius 3 is 2.64 bits per heavy atom. The fourth-order valence-corrected chi connectivity index (χ4v) is 2.80. The van der Waals surface area contributed by atoms with E-state index in [1.54, 1.807) is 30.6 Å². The Bertz CT molecular complexity index is 996. The third kappa shape index (κ3) is 4.83. The van der Waals surface area contributed by atoms with Gasteiger partial charge in [0.1, 0.15) is 5.69 Å². The molecule has 0 radical (unpaired) electrons. The predicted molar refractivity (Wildman–Crippen MR) is 107 cm³/mol. The fourth-order valence-electron chi connectivity index (χ4n) is 2.59. The molecule has 28 heavy (non-hydrogen) atoms. The summed E-state index contributed by atoms with van der Waals surface area (Å²) in [5.74, 6) is -0.399. The van der Waals surface area contributed by atoms with Gasteiger partial charge < -0.3 is 10.6 Å². The molecular weight excluding hydrogens is 380 g/mol. The number of nitro groups is 1. The van der Waals surface area contributed by atoms with Gasteiger partial charge in [-0.25, -0.2) is 0 Å². The van der Waals surface area contributed by atoms with Crippen LogP contribution in [0.5, 0.6) is 0 Å². The number of pyridine rings is 1. The summed E-state index contributed by atoms with van der Waals surface area (Å²) in [6.45, 7) is 0.611. The van der Waals surface area contributed by atoms with Crippen LogP contribution in [-0.2, 0) is 13.1 Å². The zero-order chi connectivity index (χ0) is 19.9. The summed E-state index contributed by atoms with van der Waals surface area (Å²) >= 11 is 6.11. The SMILES string of the molecule is O=C(NCc1cccnc1)c1ccc(NCc2ccccc2Cl)c([N+](=O)[O-])c1. The topological polar surface area (TPSA) is 97.2 Å². The molecule has 0 atom stereocenters. The lowest BCUT2D eigenvalue weighted by Crippen LogP contribution is -2.23. The maximum atomic E-state index is 12.3. The van der Waals surface area contributed by atoms with Crippen LogP contribution in [0, 0.1) is 10.1 Å². The van der Waals surface area contributed by atoms with E-state index in [9.17, 15) is 14.9 Å². The number of amides is 1. The number of aromatic nitrogens is 1. The monoisotopic (exact) mass is 396 g/mol. The smallest absolute Gasteiger partial charge is 0.293 e. The largest absolute Gasteiger partial charge is 0.375 e. The molecule has 0 aliphatic carbocycles. The van der Waals surface area contributed by atoms with Crippen LogP contribution in [0.25, 0.3) is 0 Å². The van der Waals surface area contributed by atoms with Gasteiger partial charge in [0, 0.05) is 42.1 Å². The molecule has 0 unspecified atom stereocenters. The summed E-state index contributed by atoms with van der Waals surface area (Å²) < 4.78 is 0. The molecule has 142 valence electrons. The number of carbonyl (C=O) groups excluding carboxylic acids is 1. The van der Waals surface area contributed by atoms with Crippen LogP contribution in [0.15, 0.2) is 67.0 Å². The second-order valence-corrected chi connectivity index (χ2v) is 6.39. The maximum absolute atomic E-state index is 12.3. The van der Waals surface area contributed by atoms with E-state index in [0.29, 0.717) is 17.3 Å². The highest BCUT2D eigenvalue weighted by atomic mass is 35.5. The Morgan fingerprint density at radius 1 is 1.11 bits per heavy atom. The Hall–Kier alpha value is -3.45. The van der Waals surface area contributed by atoms with Crippen LogP contribution in [0.4, 0.5) is 11.4 Å². The van der Waals surface area contributed by atoms with Crippen LogP contribution in [0.3, 0.4) is 0 Å². The molecule has 1 heterocycles. The van der Waals surface area contributed by atoms with Crippen LogP contribution >= 0.6 is 11.6 Å². The number of nitrogens with zero attached hydrogens (tertiary/aromatic N) is 2. The van der Waals surface area contributed by atoms with Crippen molar-refractivity contribution in [2.45, 2.75) is 13.1 Å². The standard InChI is InChI=1S/C20H17ClN4O3/c21-17-6-2-1-5-16(17)13-23-18-8-7-15(10-19(18)25(27)28)20(26)24-12-14-4-3-9-22-11-14/h1-11,23H,12-13H2,(H,24,26). The molecule has 7 nitrogen and oxygen atoms in total. The molecule has 1 amide bonds. The lowest BCUT2D eigenvalue weighted by Gasteiger charge is -2.10. The molecule has 0 bridgehead atoms. The first-order chi connectivity index (χ1) is 13.5. The normalized spacial score (nSPS) is 10.3. The van der Waals surface area contributed by atoms with E-state index in [1.165, 1.54) is 12.1 Å². The average molecular weight is 397 g/mol. The summed E-state index contributed by atoms with van der Waals surface area (Å²) in [6.07, 6.45) is 3.29. The third-order valence-corrected chi connectivity index (χ3v) is 4.43. The molecule has 0 saturated carbocycles. The number of halogens is 1. The molecule has 0 saturated heterocycles. The number of nitrogens with one attached hydrogen (secondary N) is 2. The van der Waals surface area contributed by atoms with Gasteiger partial charge in [0.15, 0.2) is 0 Å². The number of carbonyl (C=O) groups is 1. The van der Waals surface area contributed by atoms with Crippen molar-refractivity contribution < 1.29 is 9.72 Å². The lowest BCUT2D eigenvalue weighted by molar-refractivity contribution is -0.384. The van der Waals surface area contributed by atoms with Gasteiger partial charge in [-0.05, 0) is 35.4 Å². The van der Waals surface area contributed by atoms with E-state index in [-0.39, 0.29) is 17.8 Å². The van der Waals surface area contributed by atoms with E-state index in [2.05, 4.69) is 15.6 Å². The predicted octanol–water partition coefficient (Wildman–Crippen LogP) is 4.19. The summed E-state index contributed by atoms with van der Waals surface area (Å²) in [5, 5.41) is 17.8. The van der Waals surface area contributed by atoms with E-state index in [0.717, 1.165) is 11.1 Å². The minimum atomic E-state index is -0.521. The molecule has 0 aliphatic rings. The number of benzene rings is 2. The number of hydrogen-bond acceptors (Lipinski definition) is 5. The number of hydrogen-bond donors (Lipinski definition) is 2. The van der Waals surface area contributed by atoms with E-state index in [1.807, 2.05) is 24.3 Å². The van der Waals surface area contributed by atoms with Crippen molar-refractivity contribution in [1.82, 2.24) is 10.3 Å². The van der Waals surface area contributed by atoms with Crippen LogP contribution in [0.1, 0.15) is 21.5 Å². The first kappa shape index (κ1) is 19.3. The van der Waals surface area contributed by atoms with Crippen molar-refractivity contribution in [3.8, 4) is 0 Å². The first-order valence-electron chi connectivity index (χ1n) is 8.47. The Morgan fingerprint density at radius 2 is 1.93 bits per heavy atom. The van der Waals surface area contributed by atoms with Gasteiger partial charge in [0.2, 0.25) is 0 Å². The number of anilines is 1. The van der Waals surface area contributed by atoms with Crippen molar-refractivity contribution in [3.05, 3.63) is 98.8 Å². The van der Waals surface area contributed by atoms with Crippen LogP contribution in [0.2, 0.25) is 5.02 Å². The van der Waals surface area contributed by atoms with E-state index in [4.69, 9.17) is 11.6 Å². The third-order valence-electron chi connectivity index (χ3n) is 4.06. The molecule has 1 aromatic heterocycles. The van der Waals surface area contributed by atoms with Crippen molar-refractivity contribution >= 4 is 28.9 Å². The zero-order valence-corrected chi connectivity index (χ0v) is 15.5. The summed E-state index contributed by atoms with van der Waals surface area (Å²) in [6, 6.07) is 15.2. The van der Waals surface area contributed by atoms with Crippen molar-refractivity contribution in [2.24, 2.45) is 0 Å². The highest BCUT2D eigenvalue weighted by molar-refractivity contribution is 6.31. The second-order valence-electron chi connectivity index (χ2n) is 5.98. The molecule has 0 aliphatic heterocycles. The number of rotatable bonds is 7. The highest BCUT2D eigenvalue weighted by Gasteiger charge is 2.17. The highest BCUT2D eigenvalue weighted by Crippen LogP contribution is 2.27. The molecule has 3 rings (SSSR count). The summed E-state index contributed by atoms with van der Waals surface area (Å²) in [7, 11) is 0. The van der Waals surface area contributed by atoms with Gasteiger partial charge in [-0.3, -0.25) is 19.9 Å². The van der Waals surface area contributed by atoms with Gasteiger partial charge in [-0.2, -0.15) is 0 Å². The summed E-state index contributed by atoms with van der Waals surface area (Å²) in [5.41, 5.74) is 1.99. The van der Waals surface area contributed by atoms with E-state index >= 15 is 0 Å². The van der Waals surface area contributed by atoms with Gasteiger partial charge in [0.25, 0.3) is 11.6 Å². The van der Waals surface area contributed by atoms with Crippen molar-refractivity contribution in [2.75, 3.05) is 5.32 Å². The Kier molecular flexibility index (Phi) is 6.18. The molecule has 2 aromatic carbocycles. The van der Waals surface area contributed by atoms with Gasteiger partial charge in [-0.1, -0.05) is 35.9 Å². The Labute approximate surface area is 166 Å². The molecule has 0 spiro atoms. The number of nitro benzene ring substituents is 1. The van der Waals surface area contributed by atoms with Gasteiger partial charge >= 0.3 is 0 Å².